The third-order valence-corrected chi connectivity index (χ3v) is 4.78. The lowest BCUT2D eigenvalue weighted by Gasteiger charge is -2.19. The van der Waals surface area contributed by atoms with Gasteiger partial charge in [0.15, 0.2) is 5.82 Å². The first-order valence-corrected chi connectivity index (χ1v) is 8.07. The van der Waals surface area contributed by atoms with Crippen LogP contribution in [0.1, 0.15) is 55.0 Å². The molecule has 1 aliphatic carbocycles. The summed E-state index contributed by atoms with van der Waals surface area (Å²) in [5.41, 5.74) is 3.86. The Hall–Kier alpha value is -1.68. The van der Waals surface area contributed by atoms with Gasteiger partial charge in [-0.3, -0.25) is 0 Å². The lowest BCUT2D eigenvalue weighted by atomic mass is 9.89. The van der Waals surface area contributed by atoms with Crippen LogP contribution in [-0.2, 0) is 13.0 Å². The van der Waals surface area contributed by atoms with Crippen LogP contribution in [-0.4, -0.2) is 16.7 Å². The van der Waals surface area contributed by atoms with Crippen molar-refractivity contribution in [3.05, 3.63) is 35.2 Å². The first-order chi connectivity index (χ1) is 10.4. The van der Waals surface area contributed by atoms with Crippen molar-refractivity contribution in [1.82, 2.24) is 15.5 Å². The average molecular weight is 283 g/mol. The van der Waals surface area contributed by atoms with E-state index in [1.807, 2.05) is 0 Å². The van der Waals surface area contributed by atoms with E-state index in [1.165, 1.54) is 43.2 Å². The van der Waals surface area contributed by atoms with Crippen LogP contribution < -0.4 is 5.32 Å². The van der Waals surface area contributed by atoms with Crippen LogP contribution in [0.25, 0.3) is 11.5 Å². The topological polar surface area (TPSA) is 51.0 Å². The minimum atomic E-state index is 0.498. The Morgan fingerprint density at radius 3 is 2.95 bits per heavy atom. The van der Waals surface area contributed by atoms with Crippen molar-refractivity contribution in [2.45, 2.75) is 51.0 Å². The van der Waals surface area contributed by atoms with Crippen molar-refractivity contribution in [3.8, 4) is 11.5 Å². The molecule has 0 bridgehead atoms. The van der Waals surface area contributed by atoms with Gasteiger partial charge in [0.05, 0.1) is 0 Å². The van der Waals surface area contributed by atoms with Crippen molar-refractivity contribution in [2.75, 3.05) is 6.54 Å². The quantitative estimate of drug-likeness (QED) is 0.917. The van der Waals surface area contributed by atoms with Gasteiger partial charge in [0, 0.05) is 18.0 Å². The van der Waals surface area contributed by atoms with Crippen LogP contribution in [0.2, 0.25) is 0 Å². The van der Waals surface area contributed by atoms with Crippen molar-refractivity contribution < 1.29 is 4.52 Å². The molecule has 4 nitrogen and oxygen atoms in total. The maximum Gasteiger partial charge on any atom is 0.258 e. The molecule has 1 fully saturated rings. The van der Waals surface area contributed by atoms with Crippen molar-refractivity contribution >= 4 is 0 Å². The lowest BCUT2D eigenvalue weighted by Crippen LogP contribution is -2.24. The summed E-state index contributed by atoms with van der Waals surface area (Å²) in [6.45, 7) is 1.96. The van der Waals surface area contributed by atoms with Crippen molar-refractivity contribution in [3.63, 3.8) is 0 Å². The predicted octanol–water partition coefficient (Wildman–Crippen LogP) is 3.43. The molecule has 1 aliphatic heterocycles. The Bertz CT molecular complexity index is 629. The third kappa shape index (κ3) is 2.48. The Morgan fingerprint density at radius 1 is 1.14 bits per heavy atom. The average Bonchev–Trinajstić information content (AvgIpc) is 3.05. The number of nitrogens with one attached hydrogen (secondary N) is 1. The number of rotatable bonds is 2. The molecule has 1 aromatic heterocycles. The first kappa shape index (κ1) is 13.0. The molecule has 21 heavy (non-hydrogen) atoms. The van der Waals surface area contributed by atoms with Gasteiger partial charge in [-0.25, -0.2) is 0 Å². The van der Waals surface area contributed by atoms with E-state index in [9.17, 15) is 0 Å². The van der Waals surface area contributed by atoms with Crippen molar-refractivity contribution in [1.29, 1.82) is 0 Å². The van der Waals surface area contributed by atoms with Crippen LogP contribution >= 0.6 is 0 Å². The number of hydrogen-bond donors (Lipinski definition) is 1. The molecule has 2 aromatic rings. The summed E-state index contributed by atoms with van der Waals surface area (Å²) in [7, 11) is 0. The number of benzene rings is 1. The van der Waals surface area contributed by atoms with E-state index in [0.717, 1.165) is 30.9 Å². The summed E-state index contributed by atoms with van der Waals surface area (Å²) in [5, 5.41) is 7.67. The lowest BCUT2D eigenvalue weighted by molar-refractivity contribution is 0.385. The van der Waals surface area contributed by atoms with E-state index in [1.54, 1.807) is 0 Å². The highest BCUT2D eigenvalue weighted by atomic mass is 16.5. The Balaban J connectivity index is 1.66. The van der Waals surface area contributed by atoms with Crippen molar-refractivity contribution in [2.24, 2.45) is 0 Å². The third-order valence-electron chi connectivity index (χ3n) is 4.78. The molecular weight excluding hydrogens is 262 g/mol. The monoisotopic (exact) mass is 283 g/mol. The molecule has 4 rings (SSSR count). The summed E-state index contributed by atoms with van der Waals surface area (Å²) in [6.07, 6.45) is 7.38. The van der Waals surface area contributed by atoms with E-state index in [4.69, 9.17) is 9.51 Å². The SMILES string of the molecule is c1cc2c(c(-c3nc(C4CCCCC4)no3)c1)CCNC2. The largest absolute Gasteiger partial charge is 0.334 e. The fraction of sp³-hybridized carbons (Fsp3) is 0.529. The molecule has 0 amide bonds. The van der Waals surface area contributed by atoms with Gasteiger partial charge < -0.3 is 9.84 Å². The second kappa shape index (κ2) is 5.60. The van der Waals surface area contributed by atoms with Crippen LogP contribution in [0.3, 0.4) is 0 Å². The number of nitrogens with zero attached hydrogens (tertiary/aromatic N) is 2. The molecule has 0 unspecified atom stereocenters. The fourth-order valence-electron chi connectivity index (χ4n) is 3.60. The first-order valence-electron chi connectivity index (χ1n) is 8.07. The number of fused-ring (bicyclic) bond motifs is 1. The summed E-state index contributed by atoms with van der Waals surface area (Å²) in [5.74, 6) is 2.11. The molecule has 110 valence electrons. The molecule has 4 heteroatoms. The van der Waals surface area contributed by atoms with Crippen LogP contribution in [0, 0.1) is 0 Å². The Morgan fingerprint density at radius 2 is 2.05 bits per heavy atom. The maximum absolute atomic E-state index is 5.59. The maximum atomic E-state index is 5.59. The number of aromatic nitrogens is 2. The zero-order chi connectivity index (χ0) is 14.1. The minimum Gasteiger partial charge on any atom is -0.334 e. The zero-order valence-corrected chi connectivity index (χ0v) is 12.3. The minimum absolute atomic E-state index is 0.498. The van der Waals surface area contributed by atoms with Gasteiger partial charge in [0.1, 0.15) is 0 Å². The highest BCUT2D eigenvalue weighted by molar-refractivity contribution is 5.61. The highest BCUT2D eigenvalue weighted by Gasteiger charge is 2.23. The summed E-state index contributed by atoms with van der Waals surface area (Å²) < 4.78 is 5.59. The van der Waals surface area contributed by atoms with E-state index >= 15 is 0 Å². The van der Waals surface area contributed by atoms with Crippen LogP contribution in [0.4, 0.5) is 0 Å². The Kier molecular flexibility index (Phi) is 3.47. The molecule has 1 aromatic carbocycles. The second-order valence-electron chi connectivity index (χ2n) is 6.16. The molecule has 1 saturated carbocycles. The van der Waals surface area contributed by atoms with Crippen LogP contribution in [0.15, 0.2) is 22.7 Å². The molecule has 0 spiro atoms. The molecular formula is C17H21N3O. The second-order valence-corrected chi connectivity index (χ2v) is 6.16. The standard InChI is InChI=1S/C17H21N3O/c1-2-5-12(6-3-1)16-19-17(21-20-16)15-8-4-7-13-11-18-10-9-14(13)15/h4,7-8,12,18H,1-3,5-6,9-11H2. The molecule has 0 atom stereocenters. The van der Waals surface area contributed by atoms with Gasteiger partial charge in [0.2, 0.25) is 0 Å². The van der Waals surface area contributed by atoms with Gasteiger partial charge >= 0.3 is 0 Å². The van der Waals surface area contributed by atoms with E-state index in [2.05, 4.69) is 28.7 Å². The van der Waals surface area contributed by atoms with Crippen LogP contribution in [0.5, 0.6) is 0 Å². The molecule has 2 heterocycles. The fourth-order valence-corrected chi connectivity index (χ4v) is 3.60. The smallest absolute Gasteiger partial charge is 0.258 e. The van der Waals surface area contributed by atoms with Gasteiger partial charge in [-0.05, 0) is 43.0 Å². The predicted molar refractivity (Wildman–Crippen MR) is 81.0 cm³/mol. The molecule has 0 radical (unpaired) electrons. The van der Waals surface area contributed by atoms with Gasteiger partial charge in [-0.1, -0.05) is 36.6 Å². The molecule has 1 N–H and O–H groups in total. The summed E-state index contributed by atoms with van der Waals surface area (Å²) in [4.78, 5) is 4.71. The Labute approximate surface area is 124 Å². The van der Waals surface area contributed by atoms with Gasteiger partial charge in [-0.15, -0.1) is 0 Å². The normalized spacial score (nSPS) is 19.4. The van der Waals surface area contributed by atoms with E-state index in [-0.39, 0.29) is 0 Å². The van der Waals surface area contributed by atoms with Gasteiger partial charge in [0.25, 0.3) is 5.89 Å². The molecule has 0 saturated heterocycles. The highest BCUT2D eigenvalue weighted by Crippen LogP contribution is 2.33. The zero-order valence-electron chi connectivity index (χ0n) is 12.3. The number of hydrogen-bond acceptors (Lipinski definition) is 4. The summed E-state index contributed by atoms with van der Waals surface area (Å²) >= 11 is 0. The van der Waals surface area contributed by atoms with E-state index in [0.29, 0.717) is 11.8 Å². The van der Waals surface area contributed by atoms with E-state index < -0.39 is 0 Å². The molecule has 2 aliphatic rings. The van der Waals surface area contributed by atoms with Gasteiger partial charge in [-0.2, -0.15) is 4.98 Å². The summed E-state index contributed by atoms with van der Waals surface area (Å²) in [6, 6.07) is 6.39.